The third-order valence-electron chi connectivity index (χ3n) is 4.85. The highest BCUT2D eigenvalue weighted by atomic mass is 16.5. The highest BCUT2D eigenvalue weighted by Gasteiger charge is 2.56. The van der Waals surface area contributed by atoms with Crippen LogP contribution in [0.1, 0.15) is 24.3 Å². The molecule has 4 atom stereocenters. The summed E-state index contributed by atoms with van der Waals surface area (Å²) in [5.74, 6) is 0.840. The number of amides is 2. The van der Waals surface area contributed by atoms with Gasteiger partial charge in [-0.25, -0.2) is 0 Å². The molecule has 20 heavy (non-hydrogen) atoms. The molecule has 1 saturated heterocycles. The van der Waals surface area contributed by atoms with Crippen molar-refractivity contribution in [1.82, 2.24) is 10.1 Å². The molecule has 2 fully saturated rings. The molecule has 4 unspecified atom stereocenters. The fraction of sp³-hybridized carbons (Fsp3) is 0.533. The lowest BCUT2D eigenvalue weighted by Crippen LogP contribution is -2.38. The number of aryl methyl sites for hydroxylation is 1. The van der Waals surface area contributed by atoms with Gasteiger partial charge in [0.25, 0.3) is 0 Å². The van der Waals surface area contributed by atoms with Crippen molar-refractivity contribution >= 4 is 11.8 Å². The van der Waals surface area contributed by atoms with E-state index < -0.39 is 0 Å². The Kier molecular flexibility index (Phi) is 2.40. The van der Waals surface area contributed by atoms with E-state index in [0.29, 0.717) is 11.5 Å². The van der Waals surface area contributed by atoms with Crippen LogP contribution in [0.2, 0.25) is 0 Å². The smallest absolute Gasteiger partial charge is 0.234 e. The lowest BCUT2D eigenvalue weighted by Gasteiger charge is -2.38. The predicted octanol–water partition coefficient (Wildman–Crippen LogP) is 1.68. The van der Waals surface area contributed by atoms with Crippen molar-refractivity contribution in [2.45, 2.75) is 26.3 Å². The molecule has 1 aromatic heterocycles. The number of rotatable bonds is 2. The fourth-order valence-corrected chi connectivity index (χ4v) is 3.95. The first-order chi connectivity index (χ1) is 9.65. The molecule has 5 nitrogen and oxygen atoms in total. The molecule has 1 aromatic rings. The molecule has 104 valence electrons. The van der Waals surface area contributed by atoms with Crippen LogP contribution < -0.4 is 0 Å². The van der Waals surface area contributed by atoms with Crippen LogP contribution in [0.15, 0.2) is 22.7 Å². The topological polar surface area (TPSA) is 63.4 Å². The second-order valence-electron chi connectivity index (χ2n) is 6.03. The summed E-state index contributed by atoms with van der Waals surface area (Å²) in [6.07, 6.45) is 6.31. The third-order valence-corrected chi connectivity index (χ3v) is 4.85. The van der Waals surface area contributed by atoms with Crippen LogP contribution in [0.4, 0.5) is 0 Å². The first kappa shape index (κ1) is 11.9. The second kappa shape index (κ2) is 4.04. The summed E-state index contributed by atoms with van der Waals surface area (Å²) in [6, 6.07) is 1.77. The number of likely N-dealkylation sites (tertiary alicyclic amines) is 1. The summed E-state index contributed by atoms with van der Waals surface area (Å²) >= 11 is 0. The molecule has 2 bridgehead atoms. The summed E-state index contributed by atoms with van der Waals surface area (Å²) < 4.78 is 5.01. The number of carbonyl (C=O) groups excluding carboxylic acids is 2. The van der Waals surface area contributed by atoms with Crippen molar-refractivity contribution in [3.8, 4) is 0 Å². The number of aromatic nitrogens is 1. The van der Waals surface area contributed by atoms with Gasteiger partial charge in [0.2, 0.25) is 11.8 Å². The first-order valence-electron chi connectivity index (χ1n) is 7.11. The minimum absolute atomic E-state index is 0.0281. The Bertz CT molecular complexity index is 586. The van der Waals surface area contributed by atoms with Crippen molar-refractivity contribution in [3.05, 3.63) is 29.7 Å². The lowest BCUT2D eigenvalue weighted by molar-refractivity contribution is -0.140. The van der Waals surface area contributed by atoms with Gasteiger partial charge in [0.15, 0.2) is 0 Å². The molecule has 1 aliphatic heterocycles. The molecule has 2 heterocycles. The van der Waals surface area contributed by atoms with Crippen LogP contribution in [0, 0.1) is 30.6 Å². The second-order valence-corrected chi connectivity index (χ2v) is 6.03. The number of fused-ring (bicyclic) bond motifs is 1. The van der Waals surface area contributed by atoms with Crippen LogP contribution in [-0.4, -0.2) is 21.9 Å². The number of allylic oxidation sites excluding steroid dienone is 2. The van der Waals surface area contributed by atoms with E-state index >= 15 is 0 Å². The molecule has 2 amide bonds. The Morgan fingerprint density at radius 1 is 1.20 bits per heavy atom. The van der Waals surface area contributed by atoms with Crippen LogP contribution in [0.3, 0.4) is 0 Å². The van der Waals surface area contributed by atoms with Crippen LogP contribution in [-0.2, 0) is 16.1 Å². The summed E-state index contributed by atoms with van der Waals surface area (Å²) in [4.78, 5) is 26.5. The predicted molar refractivity (Wildman–Crippen MR) is 69.1 cm³/mol. The summed E-state index contributed by atoms with van der Waals surface area (Å²) in [5.41, 5.74) is 0.642. The molecule has 0 N–H and O–H groups in total. The molecule has 5 rings (SSSR count). The normalized spacial score (nSPS) is 35.0. The van der Waals surface area contributed by atoms with Gasteiger partial charge < -0.3 is 4.52 Å². The van der Waals surface area contributed by atoms with Gasteiger partial charge in [-0.3, -0.25) is 14.5 Å². The summed E-state index contributed by atoms with van der Waals surface area (Å²) in [5, 5.41) is 3.88. The SMILES string of the molecule is Cc1cc(CN2C(=O)C3C4C=CC(CC4)C3C2=O)no1. The van der Waals surface area contributed by atoms with Gasteiger partial charge in [0, 0.05) is 6.07 Å². The maximum atomic E-state index is 12.6. The molecule has 1 saturated carbocycles. The zero-order valence-corrected chi connectivity index (χ0v) is 11.3. The van der Waals surface area contributed by atoms with Gasteiger partial charge in [-0.05, 0) is 31.6 Å². The van der Waals surface area contributed by atoms with Crippen molar-refractivity contribution < 1.29 is 14.1 Å². The molecule has 3 aliphatic carbocycles. The monoisotopic (exact) mass is 272 g/mol. The number of carbonyl (C=O) groups is 2. The van der Waals surface area contributed by atoms with E-state index in [-0.39, 0.29) is 42.0 Å². The standard InChI is InChI=1S/C15H16N2O3/c1-8-6-11(16-20-8)7-17-14(18)12-9-2-3-10(5-4-9)13(12)15(17)19/h2-3,6,9-10,12-13H,4-5,7H2,1H3. The Morgan fingerprint density at radius 3 is 2.25 bits per heavy atom. The van der Waals surface area contributed by atoms with E-state index in [2.05, 4.69) is 17.3 Å². The van der Waals surface area contributed by atoms with Gasteiger partial charge in [-0.2, -0.15) is 0 Å². The number of hydrogen-bond acceptors (Lipinski definition) is 4. The van der Waals surface area contributed by atoms with E-state index in [1.165, 1.54) is 4.90 Å². The molecular formula is C15H16N2O3. The third kappa shape index (κ3) is 1.52. The minimum Gasteiger partial charge on any atom is -0.361 e. The lowest BCUT2D eigenvalue weighted by atomic mass is 9.63. The van der Waals surface area contributed by atoms with Crippen molar-refractivity contribution in [2.75, 3.05) is 0 Å². The number of hydrogen-bond donors (Lipinski definition) is 0. The summed E-state index contributed by atoms with van der Waals surface area (Å²) in [7, 11) is 0. The van der Waals surface area contributed by atoms with Gasteiger partial charge in [0.1, 0.15) is 11.5 Å². The maximum absolute atomic E-state index is 12.6. The van der Waals surface area contributed by atoms with E-state index in [1.807, 2.05) is 0 Å². The van der Waals surface area contributed by atoms with Gasteiger partial charge in [-0.1, -0.05) is 17.3 Å². The zero-order chi connectivity index (χ0) is 13.9. The molecule has 0 radical (unpaired) electrons. The molecule has 0 aromatic carbocycles. The van der Waals surface area contributed by atoms with Crippen molar-refractivity contribution in [3.63, 3.8) is 0 Å². The highest BCUT2D eigenvalue weighted by molar-refractivity contribution is 6.05. The molecular weight excluding hydrogens is 256 g/mol. The molecule has 4 aliphatic rings. The fourth-order valence-electron chi connectivity index (χ4n) is 3.95. The van der Waals surface area contributed by atoms with Crippen molar-refractivity contribution in [1.29, 1.82) is 0 Å². The minimum atomic E-state index is -0.140. The Balaban J connectivity index is 1.63. The van der Waals surface area contributed by atoms with E-state index in [4.69, 9.17) is 4.52 Å². The van der Waals surface area contributed by atoms with E-state index in [1.54, 1.807) is 13.0 Å². The Labute approximate surface area is 116 Å². The largest absolute Gasteiger partial charge is 0.361 e. The van der Waals surface area contributed by atoms with Gasteiger partial charge >= 0.3 is 0 Å². The van der Waals surface area contributed by atoms with E-state index in [9.17, 15) is 9.59 Å². The van der Waals surface area contributed by atoms with Crippen LogP contribution in [0.25, 0.3) is 0 Å². The summed E-state index contributed by atoms with van der Waals surface area (Å²) in [6.45, 7) is 2.04. The number of nitrogens with zero attached hydrogens (tertiary/aromatic N) is 2. The van der Waals surface area contributed by atoms with Gasteiger partial charge in [0.05, 0.1) is 18.4 Å². The van der Waals surface area contributed by atoms with Crippen molar-refractivity contribution in [2.24, 2.45) is 23.7 Å². The van der Waals surface area contributed by atoms with Crippen LogP contribution in [0.5, 0.6) is 0 Å². The van der Waals surface area contributed by atoms with Gasteiger partial charge in [-0.15, -0.1) is 0 Å². The average Bonchev–Trinajstić information content (AvgIpc) is 2.99. The first-order valence-corrected chi connectivity index (χ1v) is 7.11. The average molecular weight is 272 g/mol. The molecule has 5 heteroatoms. The van der Waals surface area contributed by atoms with E-state index in [0.717, 1.165) is 12.8 Å². The molecule has 0 spiro atoms. The van der Waals surface area contributed by atoms with Crippen LogP contribution >= 0.6 is 0 Å². The number of imide groups is 1. The maximum Gasteiger partial charge on any atom is 0.234 e. The zero-order valence-electron chi connectivity index (χ0n) is 11.3. The Hall–Kier alpha value is -1.91. The highest BCUT2D eigenvalue weighted by Crippen LogP contribution is 2.49. The Morgan fingerprint density at radius 2 is 1.80 bits per heavy atom. The quantitative estimate of drug-likeness (QED) is 0.607.